The Morgan fingerprint density at radius 3 is 2.81 bits per heavy atom. The molecular weight excluding hydrogens is 342 g/mol. The Kier molecular flexibility index (Phi) is 6.04. The molecule has 1 aromatic heterocycles. The van der Waals surface area contributed by atoms with Crippen LogP contribution in [0.3, 0.4) is 0 Å². The van der Waals surface area contributed by atoms with Gasteiger partial charge in [-0.3, -0.25) is 4.90 Å². The summed E-state index contributed by atoms with van der Waals surface area (Å²) in [6.07, 6.45) is 5.43. The SMILES string of the molecule is CCOc1cccc(CN2CCCC[C@@H]2c2nnc(C3CCOCC3)o2)c1. The molecule has 146 valence electrons. The molecule has 1 atom stereocenters. The molecule has 2 aliphatic heterocycles. The first-order valence-corrected chi connectivity index (χ1v) is 10.2. The van der Waals surface area contributed by atoms with Gasteiger partial charge in [-0.05, 0) is 56.8 Å². The van der Waals surface area contributed by atoms with Gasteiger partial charge in [-0.15, -0.1) is 10.2 Å². The van der Waals surface area contributed by atoms with Gasteiger partial charge in [0.25, 0.3) is 0 Å². The largest absolute Gasteiger partial charge is 0.494 e. The van der Waals surface area contributed by atoms with Crippen LogP contribution < -0.4 is 4.74 Å². The van der Waals surface area contributed by atoms with Crippen molar-refractivity contribution in [2.24, 2.45) is 0 Å². The molecule has 4 rings (SSSR count). The van der Waals surface area contributed by atoms with E-state index < -0.39 is 0 Å². The lowest BCUT2D eigenvalue weighted by Gasteiger charge is -2.33. The fourth-order valence-corrected chi connectivity index (χ4v) is 4.09. The van der Waals surface area contributed by atoms with Crippen LogP contribution in [0.15, 0.2) is 28.7 Å². The highest BCUT2D eigenvalue weighted by molar-refractivity contribution is 5.28. The first-order valence-electron chi connectivity index (χ1n) is 10.2. The van der Waals surface area contributed by atoms with E-state index in [-0.39, 0.29) is 6.04 Å². The van der Waals surface area contributed by atoms with E-state index in [0.29, 0.717) is 12.5 Å². The molecule has 0 aliphatic carbocycles. The van der Waals surface area contributed by atoms with Crippen LogP contribution in [-0.2, 0) is 11.3 Å². The van der Waals surface area contributed by atoms with Gasteiger partial charge in [-0.25, -0.2) is 0 Å². The third-order valence-electron chi connectivity index (χ3n) is 5.52. The third kappa shape index (κ3) is 4.50. The monoisotopic (exact) mass is 371 g/mol. The van der Waals surface area contributed by atoms with Crippen molar-refractivity contribution >= 4 is 0 Å². The van der Waals surface area contributed by atoms with Crippen LogP contribution >= 0.6 is 0 Å². The molecule has 2 saturated heterocycles. The summed E-state index contributed by atoms with van der Waals surface area (Å²) in [5.74, 6) is 2.84. The molecule has 2 fully saturated rings. The number of piperidine rings is 1. The highest BCUT2D eigenvalue weighted by atomic mass is 16.5. The molecule has 0 amide bonds. The molecule has 6 nitrogen and oxygen atoms in total. The summed E-state index contributed by atoms with van der Waals surface area (Å²) in [7, 11) is 0. The Morgan fingerprint density at radius 1 is 1.11 bits per heavy atom. The van der Waals surface area contributed by atoms with E-state index in [9.17, 15) is 0 Å². The van der Waals surface area contributed by atoms with Gasteiger partial charge in [-0.2, -0.15) is 0 Å². The van der Waals surface area contributed by atoms with Gasteiger partial charge in [0.1, 0.15) is 5.75 Å². The summed E-state index contributed by atoms with van der Waals surface area (Å²) < 4.78 is 17.2. The highest BCUT2D eigenvalue weighted by Crippen LogP contribution is 2.34. The molecule has 0 spiro atoms. The predicted molar refractivity (Wildman–Crippen MR) is 102 cm³/mol. The van der Waals surface area contributed by atoms with Crippen LogP contribution in [-0.4, -0.2) is 41.5 Å². The third-order valence-corrected chi connectivity index (χ3v) is 5.52. The molecule has 27 heavy (non-hydrogen) atoms. The van der Waals surface area contributed by atoms with Crippen molar-refractivity contribution in [1.29, 1.82) is 0 Å². The first-order chi connectivity index (χ1) is 13.3. The van der Waals surface area contributed by atoms with Gasteiger partial charge in [0.15, 0.2) is 0 Å². The topological polar surface area (TPSA) is 60.6 Å². The van der Waals surface area contributed by atoms with E-state index in [2.05, 4.69) is 33.3 Å². The average molecular weight is 371 g/mol. The van der Waals surface area contributed by atoms with Gasteiger partial charge in [0, 0.05) is 25.7 Å². The standard InChI is InChI=1S/C21H29N3O3/c1-2-26-18-7-5-6-16(14-18)15-24-11-4-3-8-19(24)21-23-22-20(27-21)17-9-12-25-13-10-17/h5-7,14,17,19H,2-4,8-13,15H2,1H3/t19-/m1/s1. The summed E-state index contributed by atoms with van der Waals surface area (Å²) in [5.41, 5.74) is 1.26. The highest BCUT2D eigenvalue weighted by Gasteiger charge is 2.30. The molecule has 3 heterocycles. The first kappa shape index (κ1) is 18.4. The van der Waals surface area contributed by atoms with Crippen LogP contribution in [0.1, 0.15) is 68.3 Å². The normalized spacial score (nSPS) is 22.0. The van der Waals surface area contributed by atoms with Crippen molar-refractivity contribution in [2.45, 2.75) is 57.5 Å². The van der Waals surface area contributed by atoms with E-state index in [1.54, 1.807) is 0 Å². The number of benzene rings is 1. The van der Waals surface area contributed by atoms with Crippen LogP contribution in [0.25, 0.3) is 0 Å². The van der Waals surface area contributed by atoms with Crippen LogP contribution in [0.4, 0.5) is 0 Å². The van der Waals surface area contributed by atoms with Gasteiger partial charge in [-0.1, -0.05) is 18.6 Å². The lowest BCUT2D eigenvalue weighted by molar-refractivity contribution is 0.0768. The molecule has 2 aromatic rings. The summed E-state index contributed by atoms with van der Waals surface area (Å²) in [5, 5.41) is 8.81. The van der Waals surface area contributed by atoms with Crippen molar-refractivity contribution in [2.75, 3.05) is 26.4 Å². The molecule has 6 heteroatoms. The second-order valence-electron chi connectivity index (χ2n) is 7.43. The number of rotatable bonds is 6. The molecule has 0 N–H and O–H groups in total. The summed E-state index contributed by atoms with van der Waals surface area (Å²) >= 11 is 0. The smallest absolute Gasteiger partial charge is 0.233 e. The zero-order chi connectivity index (χ0) is 18.5. The number of ether oxygens (including phenoxy) is 2. The van der Waals surface area contributed by atoms with Crippen molar-refractivity contribution in [3.05, 3.63) is 41.6 Å². The Labute approximate surface area is 160 Å². The van der Waals surface area contributed by atoms with E-state index >= 15 is 0 Å². The predicted octanol–water partition coefficient (Wildman–Crippen LogP) is 4.09. The lowest BCUT2D eigenvalue weighted by Crippen LogP contribution is -2.33. The maximum atomic E-state index is 6.15. The number of likely N-dealkylation sites (tertiary alicyclic amines) is 1. The second kappa shape index (κ2) is 8.85. The summed E-state index contributed by atoms with van der Waals surface area (Å²) in [4.78, 5) is 2.47. The Hall–Kier alpha value is -1.92. The minimum atomic E-state index is 0.204. The summed E-state index contributed by atoms with van der Waals surface area (Å²) in [6.45, 7) is 6.20. The van der Waals surface area contributed by atoms with E-state index in [1.165, 1.54) is 18.4 Å². The summed E-state index contributed by atoms with van der Waals surface area (Å²) in [6, 6.07) is 8.58. The fourth-order valence-electron chi connectivity index (χ4n) is 4.09. The molecule has 1 aromatic carbocycles. The minimum Gasteiger partial charge on any atom is -0.494 e. The fraction of sp³-hybridized carbons (Fsp3) is 0.619. The van der Waals surface area contributed by atoms with Crippen LogP contribution in [0.5, 0.6) is 5.75 Å². The molecule has 2 aliphatic rings. The quantitative estimate of drug-likeness (QED) is 0.762. The van der Waals surface area contributed by atoms with Crippen molar-refractivity contribution in [3.8, 4) is 5.75 Å². The molecule has 0 radical (unpaired) electrons. The number of nitrogens with zero attached hydrogens (tertiary/aromatic N) is 3. The Morgan fingerprint density at radius 2 is 1.96 bits per heavy atom. The molecule has 0 unspecified atom stereocenters. The van der Waals surface area contributed by atoms with Gasteiger partial charge in [0.2, 0.25) is 11.8 Å². The zero-order valence-electron chi connectivity index (χ0n) is 16.1. The number of aromatic nitrogens is 2. The van der Waals surface area contributed by atoms with Gasteiger partial charge >= 0.3 is 0 Å². The van der Waals surface area contributed by atoms with Crippen molar-refractivity contribution in [1.82, 2.24) is 15.1 Å². The van der Waals surface area contributed by atoms with Crippen molar-refractivity contribution < 1.29 is 13.9 Å². The maximum Gasteiger partial charge on any atom is 0.233 e. The molecule has 0 saturated carbocycles. The number of hydrogen-bond donors (Lipinski definition) is 0. The zero-order valence-corrected chi connectivity index (χ0v) is 16.1. The van der Waals surface area contributed by atoms with Gasteiger partial charge in [0.05, 0.1) is 12.6 Å². The van der Waals surface area contributed by atoms with E-state index in [4.69, 9.17) is 13.9 Å². The maximum absolute atomic E-state index is 6.15. The van der Waals surface area contributed by atoms with Gasteiger partial charge < -0.3 is 13.9 Å². The molecular formula is C21H29N3O3. The average Bonchev–Trinajstić information content (AvgIpc) is 3.20. The van der Waals surface area contributed by atoms with Crippen LogP contribution in [0, 0.1) is 0 Å². The van der Waals surface area contributed by atoms with Crippen molar-refractivity contribution in [3.63, 3.8) is 0 Å². The lowest BCUT2D eigenvalue weighted by atomic mass is 10.0. The van der Waals surface area contributed by atoms with E-state index in [0.717, 1.165) is 63.1 Å². The van der Waals surface area contributed by atoms with E-state index in [1.807, 2.05) is 13.0 Å². The Bertz CT molecular complexity index is 727. The Balaban J connectivity index is 1.47. The minimum absolute atomic E-state index is 0.204. The second-order valence-corrected chi connectivity index (χ2v) is 7.43. The van der Waals surface area contributed by atoms with Crippen LogP contribution in [0.2, 0.25) is 0 Å². The number of hydrogen-bond acceptors (Lipinski definition) is 6. The molecule has 0 bridgehead atoms.